The number of nitrogens with zero attached hydrogens (tertiary/aromatic N) is 3. The molecule has 2 aliphatic heterocycles. The van der Waals surface area contributed by atoms with Crippen molar-refractivity contribution in [2.24, 2.45) is 0 Å². The van der Waals surface area contributed by atoms with E-state index >= 15 is 0 Å². The van der Waals surface area contributed by atoms with E-state index in [1.807, 2.05) is 12.1 Å². The maximum atomic E-state index is 12.6. The Labute approximate surface area is 162 Å². The number of para-hydroxylation sites is 1. The molecular weight excluding hydrogens is 368 g/mol. The van der Waals surface area contributed by atoms with Crippen LogP contribution in [0.3, 0.4) is 0 Å². The van der Waals surface area contributed by atoms with E-state index in [0.717, 1.165) is 31.7 Å². The molecule has 4 rings (SSSR count). The number of piperidine rings is 1. The number of anilines is 2. The maximum Gasteiger partial charge on any atom is 0.274 e. The highest BCUT2D eigenvalue weighted by molar-refractivity contribution is 6.33. The van der Waals surface area contributed by atoms with Crippen LogP contribution in [-0.2, 0) is 9.47 Å². The minimum Gasteiger partial charge on any atom is -0.356 e. The normalized spacial score (nSPS) is 18.7. The molecule has 2 saturated heterocycles. The van der Waals surface area contributed by atoms with E-state index in [1.54, 1.807) is 25.1 Å². The first-order valence-electron chi connectivity index (χ1n) is 8.99. The monoisotopic (exact) mass is 388 g/mol. The zero-order valence-corrected chi connectivity index (χ0v) is 15.8. The van der Waals surface area contributed by atoms with Gasteiger partial charge in [-0.15, -0.1) is 0 Å². The Morgan fingerprint density at radius 3 is 2.59 bits per heavy atom. The molecule has 1 spiro atoms. The van der Waals surface area contributed by atoms with Gasteiger partial charge in [-0.2, -0.15) is 0 Å². The molecule has 1 aromatic heterocycles. The summed E-state index contributed by atoms with van der Waals surface area (Å²) < 4.78 is 11.5. The minimum absolute atomic E-state index is 0.311. The molecule has 1 N–H and O–H groups in total. The highest BCUT2D eigenvalue weighted by Crippen LogP contribution is 2.33. The lowest BCUT2D eigenvalue weighted by atomic mass is 10.0. The van der Waals surface area contributed by atoms with Crippen molar-refractivity contribution in [1.82, 2.24) is 9.97 Å². The van der Waals surface area contributed by atoms with Crippen LogP contribution in [0.1, 0.15) is 29.2 Å². The fraction of sp³-hybridized carbons (Fsp3) is 0.421. The number of halogens is 1. The molecule has 1 amide bonds. The van der Waals surface area contributed by atoms with Crippen LogP contribution in [0.4, 0.5) is 11.5 Å². The molecule has 2 aromatic rings. The summed E-state index contributed by atoms with van der Waals surface area (Å²) in [4.78, 5) is 23.6. The first kappa shape index (κ1) is 18.2. The zero-order chi connectivity index (χ0) is 18.9. The van der Waals surface area contributed by atoms with Gasteiger partial charge in [0, 0.05) is 32.0 Å². The lowest BCUT2D eigenvalue weighted by Gasteiger charge is -2.38. The smallest absolute Gasteiger partial charge is 0.274 e. The molecule has 0 radical (unpaired) electrons. The second kappa shape index (κ2) is 7.42. The third kappa shape index (κ3) is 3.90. The predicted molar refractivity (Wildman–Crippen MR) is 102 cm³/mol. The number of hydrogen-bond donors (Lipinski definition) is 1. The molecule has 0 saturated carbocycles. The largest absolute Gasteiger partial charge is 0.356 e. The molecule has 7 nitrogen and oxygen atoms in total. The van der Waals surface area contributed by atoms with Crippen molar-refractivity contribution in [2.75, 3.05) is 36.5 Å². The Morgan fingerprint density at radius 1 is 1.19 bits per heavy atom. The summed E-state index contributed by atoms with van der Waals surface area (Å²) in [6.45, 7) is 4.59. The van der Waals surface area contributed by atoms with Crippen LogP contribution in [0.5, 0.6) is 0 Å². The first-order chi connectivity index (χ1) is 13.0. The highest BCUT2D eigenvalue weighted by atomic mass is 35.5. The summed E-state index contributed by atoms with van der Waals surface area (Å²) in [5, 5.41) is 3.29. The van der Waals surface area contributed by atoms with Crippen LogP contribution >= 0.6 is 11.6 Å². The van der Waals surface area contributed by atoms with Gasteiger partial charge in [0.05, 0.1) is 23.9 Å². The van der Waals surface area contributed by atoms with Crippen molar-refractivity contribution in [3.8, 4) is 0 Å². The summed E-state index contributed by atoms with van der Waals surface area (Å²) in [5.74, 6) is 0.527. The number of ether oxygens (including phenoxy) is 2. The van der Waals surface area contributed by atoms with E-state index in [4.69, 9.17) is 21.1 Å². The molecule has 0 bridgehead atoms. The van der Waals surface area contributed by atoms with E-state index in [2.05, 4.69) is 20.2 Å². The fourth-order valence-electron chi connectivity index (χ4n) is 3.44. The lowest BCUT2D eigenvalue weighted by molar-refractivity contribution is -0.169. The van der Waals surface area contributed by atoms with Crippen LogP contribution in [0, 0.1) is 6.92 Å². The summed E-state index contributed by atoms with van der Waals surface area (Å²) in [7, 11) is 0. The first-order valence-corrected chi connectivity index (χ1v) is 9.37. The molecular formula is C19H21ClN4O3. The molecule has 0 unspecified atom stereocenters. The Bertz CT molecular complexity index is 845. The second-order valence-electron chi connectivity index (χ2n) is 6.69. The number of rotatable bonds is 3. The molecule has 1 aromatic carbocycles. The number of carbonyl (C=O) groups is 1. The number of aromatic nitrogens is 2. The highest BCUT2D eigenvalue weighted by Gasteiger charge is 2.40. The predicted octanol–water partition coefficient (Wildman–Crippen LogP) is 3.03. The van der Waals surface area contributed by atoms with Crippen molar-refractivity contribution < 1.29 is 14.3 Å². The number of amides is 1. The lowest BCUT2D eigenvalue weighted by Crippen LogP contribution is -2.45. The second-order valence-corrected chi connectivity index (χ2v) is 7.09. The van der Waals surface area contributed by atoms with Gasteiger partial charge in [0.15, 0.2) is 5.79 Å². The SMILES string of the molecule is Cc1nc(C(=O)Nc2ccccc2Cl)cc(N2CCC3(CC2)OCCO3)n1. The van der Waals surface area contributed by atoms with Crippen molar-refractivity contribution in [3.05, 3.63) is 46.9 Å². The molecule has 0 aliphatic carbocycles. The van der Waals surface area contributed by atoms with Crippen LogP contribution in [0.25, 0.3) is 0 Å². The van der Waals surface area contributed by atoms with Gasteiger partial charge in [0.2, 0.25) is 0 Å². The third-order valence-electron chi connectivity index (χ3n) is 4.84. The van der Waals surface area contributed by atoms with Gasteiger partial charge in [-0.25, -0.2) is 9.97 Å². The average Bonchev–Trinajstić information content (AvgIpc) is 3.11. The maximum absolute atomic E-state index is 12.6. The number of nitrogens with one attached hydrogen (secondary N) is 1. The fourth-order valence-corrected chi connectivity index (χ4v) is 3.62. The number of aryl methyl sites for hydroxylation is 1. The Hall–Kier alpha value is -2.22. The average molecular weight is 389 g/mol. The van der Waals surface area contributed by atoms with E-state index in [9.17, 15) is 4.79 Å². The van der Waals surface area contributed by atoms with Crippen LogP contribution < -0.4 is 10.2 Å². The molecule has 2 fully saturated rings. The van der Waals surface area contributed by atoms with Crippen molar-refractivity contribution in [3.63, 3.8) is 0 Å². The topological polar surface area (TPSA) is 76.6 Å². The molecule has 2 aliphatic rings. The summed E-state index contributed by atoms with van der Waals surface area (Å²) in [6, 6.07) is 8.82. The van der Waals surface area contributed by atoms with Crippen LogP contribution in [-0.4, -0.2) is 48.0 Å². The van der Waals surface area contributed by atoms with Gasteiger partial charge < -0.3 is 19.7 Å². The van der Waals surface area contributed by atoms with Gasteiger partial charge in [0.25, 0.3) is 5.91 Å². The van der Waals surface area contributed by atoms with Gasteiger partial charge in [0.1, 0.15) is 17.3 Å². The minimum atomic E-state index is -0.442. The van der Waals surface area contributed by atoms with Gasteiger partial charge in [-0.1, -0.05) is 23.7 Å². The quantitative estimate of drug-likeness (QED) is 0.870. The third-order valence-corrected chi connectivity index (χ3v) is 5.17. The number of carbonyl (C=O) groups excluding carboxylic acids is 1. The Balaban J connectivity index is 1.50. The zero-order valence-electron chi connectivity index (χ0n) is 15.1. The molecule has 0 atom stereocenters. The number of hydrogen-bond acceptors (Lipinski definition) is 6. The molecule has 27 heavy (non-hydrogen) atoms. The standard InChI is InChI=1S/C19H21ClN4O3/c1-13-21-16(18(25)23-15-5-3-2-4-14(15)20)12-17(22-13)24-8-6-19(7-9-24)26-10-11-27-19/h2-5,12H,6-11H2,1H3,(H,23,25). The summed E-state index contributed by atoms with van der Waals surface area (Å²) >= 11 is 6.12. The van der Waals surface area contributed by atoms with Gasteiger partial charge >= 0.3 is 0 Å². The van der Waals surface area contributed by atoms with E-state index < -0.39 is 5.79 Å². The van der Waals surface area contributed by atoms with Gasteiger partial charge in [-0.05, 0) is 19.1 Å². The van der Waals surface area contributed by atoms with Crippen molar-refractivity contribution >= 4 is 29.0 Å². The summed E-state index contributed by atoms with van der Waals surface area (Å²) in [5.41, 5.74) is 0.864. The van der Waals surface area contributed by atoms with Crippen LogP contribution in [0.15, 0.2) is 30.3 Å². The molecule has 142 valence electrons. The van der Waals surface area contributed by atoms with E-state index in [1.165, 1.54) is 0 Å². The Morgan fingerprint density at radius 2 is 1.89 bits per heavy atom. The number of benzene rings is 1. The molecule has 3 heterocycles. The van der Waals surface area contributed by atoms with E-state index in [0.29, 0.717) is 35.4 Å². The van der Waals surface area contributed by atoms with Crippen molar-refractivity contribution in [2.45, 2.75) is 25.6 Å². The summed E-state index contributed by atoms with van der Waals surface area (Å²) in [6.07, 6.45) is 1.55. The van der Waals surface area contributed by atoms with Crippen LogP contribution in [0.2, 0.25) is 5.02 Å². The molecule has 8 heteroatoms. The Kier molecular flexibility index (Phi) is 4.99. The van der Waals surface area contributed by atoms with E-state index in [-0.39, 0.29) is 5.91 Å². The van der Waals surface area contributed by atoms with Crippen molar-refractivity contribution in [1.29, 1.82) is 0 Å². The van der Waals surface area contributed by atoms with Gasteiger partial charge in [-0.3, -0.25) is 4.79 Å².